The van der Waals surface area contributed by atoms with Crippen LogP contribution < -0.4 is 0 Å². The summed E-state index contributed by atoms with van der Waals surface area (Å²) in [4.78, 5) is 0. The monoisotopic (exact) mass is 776 g/mol. The van der Waals surface area contributed by atoms with E-state index in [1.54, 1.807) is 0 Å². The Kier molecular flexibility index (Phi) is 8.05. The smallest absolute Gasteiger partial charge is 0.143 e. The van der Waals surface area contributed by atoms with Crippen LogP contribution in [-0.4, -0.2) is 0 Å². The fraction of sp³-hybridized carbons (Fsp3) is 0.0333. The van der Waals surface area contributed by atoms with Gasteiger partial charge in [-0.1, -0.05) is 176 Å². The van der Waals surface area contributed by atoms with Crippen LogP contribution in [0.4, 0.5) is 0 Å². The molecule has 12 rings (SSSR count). The van der Waals surface area contributed by atoms with E-state index in [4.69, 9.17) is 4.42 Å². The van der Waals surface area contributed by atoms with Crippen LogP contribution >= 0.6 is 0 Å². The van der Waals surface area contributed by atoms with E-state index in [9.17, 15) is 0 Å². The predicted octanol–water partition coefficient (Wildman–Crippen LogP) is 17.2. The zero-order chi connectivity index (χ0) is 40.6. The summed E-state index contributed by atoms with van der Waals surface area (Å²) in [5.74, 6) is 0. The van der Waals surface area contributed by atoms with Gasteiger partial charge in [0.15, 0.2) is 0 Å². The van der Waals surface area contributed by atoms with E-state index in [0.29, 0.717) is 0 Å². The first-order valence-corrected chi connectivity index (χ1v) is 21.2. The molecular formula is C60H40O. The number of benzene rings is 11. The van der Waals surface area contributed by atoms with Gasteiger partial charge in [-0.05, 0) is 149 Å². The minimum Gasteiger partial charge on any atom is -0.455 e. The molecule has 0 saturated carbocycles. The molecule has 0 bridgehead atoms. The van der Waals surface area contributed by atoms with E-state index < -0.39 is 0 Å². The number of para-hydroxylation sites is 1. The molecule has 1 nitrogen and oxygen atoms in total. The Labute approximate surface area is 354 Å². The Morgan fingerprint density at radius 3 is 1.31 bits per heavy atom. The third kappa shape index (κ3) is 5.55. The van der Waals surface area contributed by atoms with Crippen molar-refractivity contribution >= 4 is 65.0 Å². The van der Waals surface area contributed by atoms with Gasteiger partial charge in [0.05, 0.1) is 0 Å². The van der Waals surface area contributed by atoms with Gasteiger partial charge in [-0.15, -0.1) is 0 Å². The number of furan rings is 1. The summed E-state index contributed by atoms with van der Waals surface area (Å²) in [7, 11) is 0. The van der Waals surface area contributed by atoms with Crippen molar-refractivity contribution in [3.8, 4) is 55.6 Å². The van der Waals surface area contributed by atoms with Gasteiger partial charge in [-0.25, -0.2) is 0 Å². The van der Waals surface area contributed by atoms with Crippen molar-refractivity contribution in [2.75, 3.05) is 0 Å². The zero-order valence-electron chi connectivity index (χ0n) is 34.0. The van der Waals surface area contributed by atoms with Gasteiger partial charge in [-0.2, -0.15) is 0 Å². The Morgan fingerprint density at radius 1 is 0.279 bits per heavy atom. The van der Waals surface area contributed by atoms with Crippen molar-refractivity contribution in [1.29, 1.82) is 0 Å². The van der Waals surface area contributed by atoms with Gasteiger partial charge in [0.2, 0.25) is 0 Å². The number of hydrogen-bond acceptors (Lipinski definition) is 1. The van der Waals surface area contributed by atoms with Gasteiger partial charge < -0.3 is 4.42 Å². The third-order valence-electron chi connectivity index (χ3n) is 13.0. The Hall–Kier alpha value is -7.74. The molecule has 0 atom stereocenters. The highest BCUT2D eigenvalue weighted by Crippen LogP contribution is 2.47. The van der Waals surface area contributed by atoms with Crippen molar-refractivity contribution in [3.05, 3.63) is 217 Å². The van der Waals surface area contributed by atoms with E-state index in [1.807, 2.05) is 6.07 Å². The van der Waals surface area contributed by atoms with Gasteiger partial charge >= 0.3 is 0 Å². The van der Waals surface area contributed by atoms with Crippen LogP contribution in [0.5, 0.6) is 0 Å². The minimum atomic E-state index is 0.913. The summed E-state index contributed by atoms with van der Waals surface area (Å²) in [6.45, 7) is 4.48. The second-order valence-corrected chi connectivity index (χ2v) is 16.4. The molecule has 0 spiro atoms. The van der Waals surface area contributed by atoms with Gasteiger partial charge in [0.25, 0.3) is 0 Å². The van der Waals surface area contributed by atoms with Crippen LogP contribution in [0.1, 0.15) is 11.1 Å². The number of aryl methyl sites for hydroxylation is 2. The maximum absolute atomic E-state index is 6.48. The first-order valence-electron chi connectivity index (χ1n) is 21.2. The average molecular weight is 777 g/mol. The molecule has 0 aliphatic heterocycles. The Balaban J connectivity index is 1.06. The molecule has 0 radical (unpaired) electrons. The first-order chi connectivity index (χ1) is 30.1. The molecular weight excluding hydrogens is 737 g/mol. The molecule has 11 aromatic carbocycles. The first kappa shape index (κ1) is 35.2. The van der Waals surface area contributed by atoms with Gasteiger partial charge in [0.1, 0.15) is 11.2 Å². The Bertz CT molecular complexity index is 3670. The quantitative estimate of drug-likeness (QED) is 0.159. The molecule has 0 aliphatic carbocycles. The summed E-state index contributed by atoms with van der Waals surface area (Å²) >= 11 is 0. The lowest BCUT2D eigenvalue weighted by molar-refractivity contribution is 0.672. The number of fused-ring (bicyclic) bond motifs is 8. The van der Waals surface area contributed by atoms with Crippen LogP contribution in [0.15, 0.2) is 211 Å². The highest BCUT2D eigenvalue weighted by Gasteiger charge is 2.20. The highest BCUT2D eigenvalue weighted by molar-refractivity contribution is 6.23. The lowest BCUT2D eigenvalue weighted by Gasteiger charge is -2.19. The van der Waals surface area contributed by atoms with E-state index in [-0.39, 0.29) is 0 Å². The fourth-order valence-electron chi connectivity index (χ4n) is 10.1. The van der Waals surface area contributed by atoms with Crippen molar-refractivity contribution < 1.29 is 4.42 Å². The summed E-state index contributed by atoms with van der Waals surface area (Å²) < 4.78 is 6.48. The van der Waals surface area contributed by atoms with Crippen LogP contribution in [0, 0.1) is 13.8 Å². The largest absolute Gasteiger partial charge is 0.455 e. The van der Waals surface area contributed by atoms with E-state index in [0.717, 1.165) is 27.3 Å². The lowest BCUT2D eigenvalue weighted by Crippen LogP contribution is -1.93. The summed E-state index contributed by atoms with van der Waals surface area (Å²) in [6, 6.07) is 75.7. The molecule has 1 aromatic heterocycles. The SMILES string of the molecule is Cc1ccccc1-c1cc(-c2cccc(-c3c4ccccc4c(-c4cccc(-c5cc6c7ccccc7oc6c6ccccc56)c4)c4ccccc34)c2)c2ccccc2c1C. The second-order valence-electron chi connectivity index (χ2n) is 16.4. The summed E-state index contributed by atoms with van der Waals surface area (Å²) in [5, 5.41) is 12.1. The molecule has 0 amide bonds. The molecule has 61 heavy (non-hydrogen) atoms. The van der Waals surface area contributed by atoms with Crippen molar-refractivity contribution in [1.82, 2.24) is 0 Å². The number of hydrogen-bond donors (Lipinski definition) is 0. The standard InChI is InChI=1S/C60H40O/c1-37-17-3-4-22-43(37)53-35-54(45-24-6-5-23-44(45)38(53)2)39-18-15-20-41(33-39)58-48-27-8-10-29-50(48)59(51-30-11-9-28-49(51)58)42-21-16-19-40(34-42)55-36-56-47-26-13-14-32-57(47)61-60(56)52-31-12-7-25-46(52)55/h3-36H,1-2H3. The third-order valence-corrected chi connectivity index (χ3v) is 13.0. The van der Waals surface area contributed by atoms with Crippen LogP contribution in [0.3, 0.4) is 0 Å². The average Bonchev–Trinajstić information content (AvgIpc) is 3.70. The fourth-order valence-corrected chi connectivity index (χ4v) is 10.1. The molecule has 12 aromatic rings. The van der Waals surface area contributed by atoms with Crippen molar-refractivity contribution in [2.45, 2.75) is 13.8 Å². The molecule has 0 saturated heterocycles. The zero-order valence-corrected chi connectivity index (χ0v) is 34.0. The number of rotatable bonds is 5. The van der Waals surface area contributed by atoms with Gasteiger partial charge in [-0.3, -0.25) is 0 Å². The van der Waals surface area contributed by atoms with E-state index in [1.165, 1.54) is 104 Å². The normalized spacial score (nSPS) is 11.8. The van der Waals surface area contributed by atoms with Crippen LogP contribution in [0.25, 0.3) is 121 Å². The van der Waals surface area contributed by atoms with Crippen LogP contribution in [0.2, 0.25) is 0 Å². The van der Waals surface area contributed by atoms with E-state index >= 15 is 0 Å². The summed E-state index contributed by atoms with van der Waals surface area (Å²) in [6.07, 6.45) is 0. The van der Waals surface area contributed by atoms with Gasteiger partial charge in [0, 0.05) is 16.2 Å². The molecule has 0 unspecified atom stereocenters. The van der Waals surface area contributed by atoms with Crippen LogP contribution in [-0.2, 0) is 0 Å². The summed E-state index contributed by atoms with van der Waals surface area (Å²) in [5.41, 5.74) is 16.8. The molecule has 0 N–H and O–H groups in total. The molecule has 1 heterocycles. The topological polar surface area (TPSA) is 13.1 Å². The minimum absolute atomic E-state index is 0.913. The molecule has 1 heteroatoms. The molecule has 0 fully saturated rings. The predicted molar refractivity (Wildman–Crippen MR) is 260 cm³/mol. The maximum atomic E-state index is 6.48. The van der Waals surface area contributed by atoms with E-state index in [2.05, 4.69) is 214 Å². The maximum Gasteiger partial charge on any atom is 0.143 e. The van der Waals surface area contributed by atoms with Crippen molar-refractivity contribution in [3.63, 3.8) is 0 Å². The molecule has 0 aliphatic rings. The molecule has 286 valence electrons. The van der Waals surface area contributed by atoms with Crippen molar-refractivity contribution in [2.24, 2.45) is 0 Å². The second kappa shape index (κ2) is 13.9. The lowest BCUT2D eigenvalue weighted by atomic mass is 9.84. The Morgan fingerprint density at radius 2 is 0.721 bits per heavy atom. The highest BCUT2D eigenvalue weighted by atomic mass is 16.3.